The molecule has 0 N–H and O–H groups in total. The Morgan fingerprint density at radius 1 is 1.00 bits per heavy atom. The van der Waals surface area contributed by atoms with Gasteiger partial charge < -0.3 is 9.32 Å². The van der Waals surface area contributed by atoms with Gasteiger partial charge in [0.2, 0.25) is 5.76 Å². The fourth-order valence-corrected chi connectivity index (χ4v) is 7.08. The largest absolute Gasteiger partial charge is 0.450 e. The van der Waals surface area contributed by atoms with Crippen LogP contribution >= 0.6 is 22.9 Å². The van der Waals surface area contributed by atoms with Gasteiger partial charge in [-0.1, -0.05) is 71.5 Å². The van der Waals surface area contributed by atoms with E-state index in [9.17, 15) is 19.2 Å². The number of nitrogens with zero attached hydrogens (tertiary/aromatic N) is 3. The third-order valence-corrected chi connectivity index (χ3v) is 9.23. The van der Waals surface area contributed by atoms with Crippen LogP contribution < -0.4 is 15.2 Å². The Morgan fingerprint density at radius 2 is 1.71 bits per heavy atom. The van der Waals surface area contributed by atoms with Crippen LogP contribution in [0, 0.1) is 6.92 Å². The van der Waals surface area contributed by atoms with Crippen molar-refractivity contribution >= 4 is 62.3 Å². The van der Waals surface area contributed by atoms with Gasteiger partial charge in [-0.3, -0.25) is 24.1 Å². The van der Waals surface area contributed by atoms with Gasteiger partial charge >= 0.3 is 0 Å². The van der Waals surface area contributed by atoms with Gasteiger partial charge in [-0.15, -0.1) is 0 Å². The number of amides is 2. The molecule has 7 rings (SSSR count). The number of carbonyl (C=O) groups excluding carboxylic acids is 3. The standard InChI is InChI=1S/C31H20ClN3O5S/c1-16-27(17(2)36)41-30(33-16)35-28(38)26-24(25(37)19-10-4-8-14-23(19)40-26)31(35)20-11-5-7-13-22(20)34(29(31)39)15-18-9-3-6-12-21(18)32/h3-14H,15H2,1-2H3. The number of hydrogen-bond acceptors (Lipinski definition) is 7. The van der Waals surface area contributed by atoms with Crippen LogP contribution in [0.3, 0.4) is 0 Å². The first kappa shape index (κ1) is 25.4. The molecule has 8 nitrogen and oxygen atoms in total. The molecule has 202 valence electrons. The van der Waals surface area contributed by atoms with Crippen molar-refractivity contribution in [2.24, 2.45) is 0 Å². The number of thiazole rings is 1. The van der Waals surface area contributed by atoms with Crippen molar-refractivity contribution in [1.82, 2.24) is 4.98 Å². The van der Waals surface area contributed by atoms with Gasteiger partial charge in [-0.2, -0.15) is 0 Å². The third-order valence-electron chi connectivity index (χ3n) is 7.61. The molecule has 2 amide bonds. The van der Waals surface area contributed by atoms with E-state index in [-0.39, 0.29) is 39.8 Å². The molecule has 0 aliphatic carbocycles. The normalized spacial score (nSPS) is 17.5. The fourth-order valence-electron chi connectivity index (χ4n) is 5.87. The highest BCUT2D eigenvalue weighted by Gasteiger charge is 2.66. The Hall–Kier alpha value is -4.60. The first-order valence-electron chi connectivity index (χ1n) is 12.8. The van der Waals surface area contributed by atoms with Crippen LogP contribution in [0.2, 0.25) is 5.02 Å². The van der Waals surface area contributed by atoms with Crippen LogP contribution in [0.5, 0.6) is 0 Å². The average molecular weight is 582 g/mol. The van der Waals surface area contributed by atoms with E-state index >= 15 is 0 Å². The molecule has 1 atom stereocenters. The summed E-state index contributed by atoms with van der Waals surface area (Å²) in [6.07, 6.45) is 0. The molecule has 41 heavy (non-hydrogen) atoms. The van der Waals surface area contributed by atoms with E-state index in [1.54, 1.807) is 67.6 Å². The van der Waals surface area contributed by atoms with Crippen LogP contribution in [-0.4, -0.2) is 22.6 Å². The summed E-state index contributed by atoms with van der Waals surface area (Å²) in [6, 6.07) is 20.8. The van der Waals surface area contributed by atoms with Crippen molar-refractivity contribution in [1.29, 1.82) is 0 Å². The number of aromatic nitrogens is 1. The van der Waals surface area contributed by atoms with Gasteiger partial charge in [0.25, 0.3) is 11.8 Å². The zero-order valence-electron chi connectivity index (χ0n) is 21.8. The smallest absolute Gasteiger partial charge is 0.297 e. The van der Waals surface area contributed by atoms with E-state index in [0.29, 0.717) is 32.4 Å². The molecule has 0 saturated heterocycles. The molecule has 0 radical (unpaired) electrons. The fraction of sp³-hybridized carbons (Fsp3) is 0.129. The minimum atomic E-state index is -1.91. The second-order valence-corrected chi connectivity index (χ2v) is 11.3. The lowest BCUT2D eigenvalue weighted by molar-refractivity contribution is -0.121. The first-order valence-corrected chi connectivity index (χ1v) is 14.0. The lowest BCUT2D eigenvalue weighted by Crippen LogP contribution is -2.53. The maximum atomic E-state index is 14.9. The van der Waals surface area contributed by atoms with E-state index in [2.05, 4.69) is 4.98 Å². The molecule has 5 aromatic rings. The predicted molar refractivity (Wildman–Crippen MR) is 156 cm³/mol. The van der Waals surface area contributed by atoms with Crippen LogP contribution in [0.1, 0.15) is 49.5 Å². The highest BCUT2D eigenvalue weighted by atomic mass is 35.5. The van der Waals surface area contributed by atoms with Crippen molar-refractivity contribution < 1.29 is 18.8 Å². The van der Waals surface area contributed by atoms with Crippen molar-refractivity contribution in [3.8, 4) is 0 Å². The molecule has 2 aliphatic heterocycles. The molecule has 0 saturated carbocycles. The van der Waals surface area contributed by atoms with Crippen LogP contribution in [0.15, 0.2) is 82.0 Å². The SMILES string of the molecule is CC(=O)c1sc(N2C(=O)c3oc4ccccc4c(=O)c3C23C(=O)N(Cc2ccccc2Cl)c2ccccc23)nc1C. The molecule has 0 bridgehead atoms. The molecule has 3 aromatic carbocycles. The number of hydrogen-bond donors (Lipinski definition) is 0. The highest BCUT2D eigenvalue weighted by Crippen LogP contribution is 2.55. The number of halogens is 1. The lowest BCUT2D eigenvalue weighted by Gasteiger charge is -2.32. The first-order chi connectivity index (χ1) is 19.7. The second-order valence-electron chi connectivity index (χ2n) is 9.95. The summed E-state index contributed by atoms with van der Waals surface area (Å²) in [5, 5.41) is 0.843. The number of benzene rings is 3. The number of carbonyl (C=O) groups is 3. The maximum absolute atomic E-state index is 14.9. The third kappa shape index (κ3) is 3.36. The Morgan fingerprint density at radius 3 is 2.46 bits per heavy atom. The molecule has 1 unspecified atom stereocenters. The molecule has 4 heterocycles. The Bertz CT molecular complexity index is 2030. The summed E-state index contributed by atoms with van der Waals surface area (Å²) in [7, 11) is 0. The topological polar surface area (TPSA) is 101 Å². The molecular weight excluding hydrogens is 562 g/mol. The summed E-state index contributed by atoms with van der Waals surface area (Å²) in [4.78, 5) is 63.6. The average Bonchev–Trinajstić information content (AvgIpc) is 3.55. The molecule has 2 aromatic heterocycles. The van der Waals surface area contributed by atoms with Crippen LogP contribution in [-0.2, 0) is 16.9 Å². The van der Waals surface area contributed by atoms with E-state index in [0.717, 1.165) is 11.3 Å². The summed E-state index contributed by atoms with van der Waals surface area (Å²) in [6.45, 7) is 3.19. The van der Waals surface area contributed by atoms with Crippen molar-refractivity contribution in [2.75, 3.05) is 9.80 Å². The van der Waals surface area contributed by atoms with Gasteiger partial charge in [-0.25, -0.2) is 4.98 Å². The zero-order chi connectivity index (χ0) is 28.6. The summed E-state index contributed by atoms with van der Waals surface area (Å²) >= 11 is 7.49. The van der Waals surface area contributed by atoms with E-state index in [4.69, 9.17) is 16.0 Å². The molecule has 1 spiro atoms. The van der Waals surface area contributed by atoms with E-state index in [1.165, 1.54) is 16.7 Å². The van der Waals surface area contributed by atoms with Gasteiger partial charge in [0.05, 0.1) is 33.8 Å². The number of ketones is 1. The number of fused-ring (bicyclic) bond motifs is 5. The molecular formula is C31H20ClN3O5S. The highest BCUT2D eigenvalue weighted by molar-refractivity contribution is 7.17. The predicted octanol–water partition coefficient (Wildman–Crippen LogP) is 5.86. The Balaban J connectivity index is 1.57. The lowest BCUT2D eigenvalue weighted by atomic mass is 9.84. The van der Waals surface area contributed by atoms with Crippen LogP contribution in [0.4, 0.5) is 10.8 Å². The van der Waals surface area contributed by atoms with Gasteiger partial charge in [-0.05, 0) is 36.8 Å². The van der Waals surface area contributed by atoms with E-state index < -0.39 is 22.8 Å². The van der Waals surface area contributed by atoms with Gasteiger partial charge in [0.1, 0.15) is 5.58 Å². The number of rotatable bonds is 4. The van der Waals surface area contributed by atoms with Crippen LogP contribution in [0.25, 0.3) is 11.0 Å². The number of para-hydroxylation sites is 2. The van der Waals surface area contributed by atoms with Crippen molar-refractivity contribution in [3.63, 3.8) is 0 Å². The quantitative estimate of drug-likeness (QED) is 0.246. The van der Waals surface area contributed by atoms with Crippen molar-refractivity contribution in [3.05, 3.63) is 121 Å². The molecule has 2 aliphatic rings. The van der Waals surface area contributed by atoms with Crippen molar-refractivity contribution in [2.45, 2.75) is 25.9 Å². The summed E-state index contributed by atoms with van der Waals surface area (Å²) < 4.78 is 6.08. The Kier molecular flexibility index (Phi) is 5.54. The summed E-state index contributed by atoms with van der Waals surface area (Å²) in [5.74, 6) is -1.66. The molecule has 0 fully saturated rings. The second kappa shape index (κ2) is 8.95. The number of Topliss-reactive ketones (excluding diaryl/α,β-unsaturated/α-hetero) is 1. The van der Waals surface area contributed by atoms with Gasteiger partial charge in [0.15, 0.2) is 21.9 Å². The molecule has 10 heteroatoms. The minimum Gasteiger partial charge on any atom is -0.450 e. The number of aryl methyl sites for hydroxylation is 1. The minimum absolute atomic E-state index is 0.0717. The number of anilines is 2. The maximum Gasteiger partial charge on any atom is 0.297 e. The monoisotopic (exact) mass is 581 g/mol. The zero-order valence-corrected chi connectivity index (χ0v) is 23.4. The van der Waals surface area contributed by atoms with Gasteiger partial charge in [0, 0.05) is 17.5 Å². The summed E-state index contributed by atoms with van der Waals surface area (Å²) in [5.41, 5.74) is -0.161. The van der Waals surface area contributed by atoms with E-state index in [1.807, 2.05) is 12.1 Å². The Labute approximate surface area is 242 Å².